The zero-order valence-electron chi connectivity index (χ0n) is 11.6. The molecule has 0 bridgehead atoms. The molecule has 0 aromatic heterocycles. The average molecular weight is 272 g/mol. The molecular formula is C15H19F3O. The Morgan fingerprint density at radius 2 is 1.84 bits per heavy atom. The summed E-state index contributed by atoms with van der Waals surface area (Å²) in [6.45, 7) is 10.9. The van der Waals surface area contributed by atoms with Crippen LogP contribution in [0.4, 0.5) is 13.2 Å². The lowest BCUT2D eigenvalue weighted by Crippen LogP contribution is -2.05. The first kappa shape index (κ1) is 17.3. The van der Waals surface area contributed by atoms with E-state index >= 15 is 0 Å². The Balaban J connectivity index is 0.00000154. The molecule has 0 unspecified atom stereocenters. The smallest absolute Gasteiger partial charge is 0.416 e. The second-order valence-electron chi connectivity index (χ2n) is 3.54. The van der Waals surface area contributed by atoms with Crippen LogP contribution in [0, 0.1) is 0 Å². The first-order valence-corrected chi connectivity index (χ1v) is 6.02. The molecule has 0 aliphatic rings. The second-order valence-corrected chi connectivity index (χ2v) is 3.54. The summed E-state index contributed by atoms with van der Waals surface area (Å²) in [5, 5.41) is 0. The predicted octanol–water partition coefficient (Wildman–Crippen LogP) is 5.64. The van der Waals surface area contributed by atoms with E-state index in [0.29, 0.717) is 17.1 Å². The second kappa shape index (κ2) is 7.67. The van der Waals surface area contributed by atoms with Crippen molar-refractivity contribution in [3.63, 3.8) is 0 Å². The van der Waals surface area contributed by atoms with Crippen LogP contribution in [0.25, 0.3) is 5.76 Å². The van der Waals surface area contributed by atoms with Gasteiger partial charge >= 0.3 is 6.18 Å². The summed E-state index contributed by atoms with van der Waals surface area (Å²) < 4.78 is 42.8. The highest BCUT2D eigenvalue weighted by Gasteiger charge is 2.30. The summed E-state index contributed by atoms with van der Waals surface area (Å²) in [4.78, 5) is 0. The van der Waals surface area contributed by atoms with E-state index in [-0.39, 0.29) is 0 Å². The van der Waals surface area contributed by atoms with Gasteiger partial charge in [0.05, 0.1) is 11.3 Å². The van der Waals surface area contributed by atoms with Gasteiger partial charge in [0, 0.05) is 5.56 Å². The van der Waals surface area contributed by atoms with Gasteiger partial charge in [-0.25, -0.2) is 0 Å². The molecule has 0 fully saturated rings. The Morgan fingerprint density at radius 1 is 1.26 bits per heavy atom. The number of halogens is 3. The minimum atomic E-state index is -4.35. The molecule has 1 nitrogen and oxygen atoms in total. The standard InChI is InChI=1S/C13H13F3O.C2H6/c1-4-12(17-9(2)3)10-6-5-7-11(8-10)13(14,15)16;1-2/h4-8H,2H2,1,3H3;1-2H3/b12-4-;. The molecule has 0 atom stereocenters. The number of alkyl halides is 3. The zero-order valence-corrected chi connectivity index (χ0v) is 11.6. The van der Waals surface area contributed by atoms with E-state index in [0.717, 1.165) is 12.1 Å². The van der Waals surface area contributed by atoms with Crippen LogP contribution in [0.1, 0.15) is 38.8 Å². The van der Waals surface area contributed by atoms with Crippen LogP contribution < -0.4 is 0 Å². The van der Waals surface area contributed by atoms with Gasteiger partial charge in [-0.3, -0.25) is 0 Å². The van der Waals surface area contributed by atoms with Gasteiger partial charge in [-0.05, 0) is 32.1 Å². The van der Waals surface area contributed by atoms with Gasteiger partial charge in [0.1, 0.15) is 5.76 Å². The van der Waals surface area contributed by atoms with E-state index in [2.05, 4.69) is 6.58 Å². The Hall–Kier alpha value is -1.71. The Bertz CT molecular complexity index is 445. The molecule has 0 heterocycles. The van der Waals surface area contributed by atoms with Crippen molar-refractivity contribution in [1.29, 1.82) is 0 Å². The number of benzene rings is 1. The summed E-state index contributed by atoms with van der Waals surface area (Å²) >= 11 is 0. The predicted molar refractivity (Wildman–Crippen MR) is 72.3 cm³/mol. The number of allylic oxidation sites excluding steroid dienone is 2. The Labute approximate surface area is 112 Å². The Kier molecular flexibility index (Phi) is 6.98. The van der Waals surface area contributed by atoms with Gasteiger partial charge in [-0.2, -0.15) is 13.2 Å². The van der Waals surface area contributed by atoms with Gasteiger partial charge in [0.15, 0.2) is 0 Å². The van der Waals surface area contributed by atoms with Gasteiger partial charge < -0.3 is 4.74 Å². The lowest BCUT2D eigenvalue weighted by molar-refractivity contribution is -0.137. The molecule has 19 heavy (non-hydrogen) atoms. The van der Waals surface area contributed by atoms with Crippen molar-refractivity contribution in [3.05, 3.63) is 53.8 Å². The molecule has 0 radical (unpaired) electrons. The molecule has 1 rings (SSSR count). The molecule has 4 heteroatoms. The largest absolute Gasteiger partial charge is 0.462 e. The maximum Gasteiger partial charge on any atom is 0.416 e. The van der Waals surface area contributed by atoms with E-state index in [1.54, 1.807) is 26.0 Å². The van der Waals surface area contributed by atoms with Crippen LogP contribution >= 0.6 is 0 Å². The summed E-state index contributed by atoms with van der Waals surface area (Å²) in [5.74, 6) is 0.791. The van der Waals surface area contributed by atoms with E-state index in [1.807, 2.05) is 13.8 Å². The fraction of sp³-hybridized carbons (Fsp3) is 0.333. The SMILES string of the molecule is C=C(C)O/C(=C\C)c1cccc(C(F)(F)F)c1.CC. The third kappa shape index (κ3) is 5.64. The maximum absolute atomic E-state index is 12.5. The molecule has 0 N–H and O–H groups in total. The highest BCUT2D eigenvalue weighted by Crippen LogP contribution is 2.31. The fourth-order valence-electron chi connectivity index (χ4n) is 1.32. The molecule has 0 saturated carbocycles. The van der Waals surface area contributed by atoms with Crippen molar-refractivity contribution >= 4 is 5.76 Å². The molecule has 0 aliphatic carbocycles. The average Bonchev–Trinajstić information content (AvgIpc) is 2.37. The normalized spacial score (nSPS) is 11.4. The van der Waals surface area contributed by atoms with Crippen LogP contribution in [-0.4, -0.2) is 0 Å². The summed E-state index contributed by atoms with van der Waals surface area (Å²) in [6.07, 6.45) is -2.75. The third-order valence-electron chi connectivity index (χ3n) is 2.02. The Morgan fingerprint density at radius 3 is 2.26 bits per heavy atom. The van der Waals surface area contributed by atoms with Crippen LogP contribution in [0.3, 0.4) is 0 Å². The number of hydrogen-bond acceptors (Lipinski definition) is 1. The monoisotopic (exact) mass is 272 g/mol. The topological polar surface area (TPSA) is 9.23 Å². The van der Waals surface area contributed by atoms with Crippen molar-refractivity contribution < 1.29 is 17.9 Å². The van der Waals surface area contributed by atoms with Crippen molar-refractivity contribution in [3.8, 4) is 0 Å². The van der Waals surface area contributed by atoms with Crippen molar-refractivity contribution in [2.24, 2.45) is 0 Å². The molecule has 0 spiro atoms. The third-order valence-corrected chi connectivity index (χ3v) is 2.02. The van der Waals surface area contributed by atoms with Gasteiger partial charge in [-0.1, -0.05) is 32.6 Å². The first-order chi connectivity index (χ1) is 8.84. The quantitative estimate of drug-likeness (QED) is 0.647. The van der Waals surface area contributed by atoms with Crippen molar-refractivity contribution in [2.45, 2.75) is 33.9 Å². The van der Waals surface area contributed by atoms with E-state index in [4.69, 9.17) is 4.74 Å². The van der Waals surface area contributed by atoms with E-state index in [1.165, 1.54) is 6.07 Å². The van der Waals surface area contributed by atoms with Gasteiger partial charge in [0.25, 0.3) is 0 Å². The van der Waals surface area contributed by atoms with E-state index < -0.39 is 11.7 Å². The lowest BCUT2D eigenvalue weighted by atomic mass is 10.1. The number of rotatable bonds is 3. The highest BCUT2D eigenvalue weighted by atomic mass is 19.4. The molecular weight excluding hydrogens is 253 g/mol. The molecule has 1 aromatic carbocycles. The highest BCUT2D eigenvalue weighted by molar-refractivity contribution is 5.61. The van der Waals surface area contributed by atoms with Crippen LogP contribution in [0.2, 0.25) is 0 Å². The number of ether oxygens (including phenoxy) is 1. The van der Waals surface area contributed by atoms with Crippen LogP contribution in [-0.2, 0) is 10.9 Å². The zero-order chi connectivity index (χ0) is 15.1. The molecule has 1 aromatic rings. The maximum atomic E-state index is 12.5. The lowest BCUT2D eigenvalue weighted by Gasteiger charge is -2.12. The molecule has 0 amide bonds. The van der Waals surface area contributed by atoms with Gasteiger partial charge in [-0.15, -0.1) is 0 Å². The van der Waals surface area contributed by atoms with Gasteiger partial charge in [0.2, 0.25) is 0 Å². The van der Waals surface area contributed by atoms with Crippen LogP contribution in [0.15, 0.2) is 42.7 Å². The number of hydrogen-bond donors (Lipinski definition) is 0. The minimum absolute atomic E-state index is 0.364. The summed E-state index contributed by atoms with van der Waals surface area (Å²) in [7, 11) is 0. The van der Waals surface area contributed by atoms with Crippen LogP contribution in [0.5, 0.6) is 0 Å². The first-order valence-electron chi connectivity index (χ1n) is 6.02. The summed E-state index contributed by atoms with van der Waals surface area (Å²) in [6, 6.07) is 4.99. The fourth-order valence-corrected chi connectivity index (χ4v) is 1.32. The van der Waals surface area contributed by atoms with E-state index in [9.17, 15) is 13.2 Å². The summed E-state index contributed by atoms with van der Waals surface area (Å²) in [5.41, 5.74) is -0.315. The minimum Gasteiger partial charge on any atom is -0.462 e. The van der Waals surface area contributed by atoms with Crippen molar-refractivity contribution in [2.75, 3.05) is 0 Å². The molecule has 0 aliphatic heterocycles. The molecule has 106 valence electrons. The molecule has 0 saturated heterocycles. The van der Waals surface area contributed by atoms with Crippen molar-refractivity contribution in [1.82, 2.24) is 0 Å².